The molecule has 52 valence electrons. The van der Waals surface area contributed by atoms with Gasteiger partial charge in [0.05, 0.1) is 0 Å². The fourth-order valence-corrected chi connectivity index (χ4v) is 5.06. The van der Waals surface area contributed by atoms with Gasteiger partial charge in [0.15, 0.2) is 0 Å². The molecule has 0 rings (SSSR count). The molecule has 0 aliphatic carbocycles. The van der Waals surface area contributed by atoms with Crippen molar-refractivity contribution in [3.8, 4) is 0 Å². The van der Waals surface area contributed by atoms with E-state index in [0.717, 1.165) is 29.9 Å². The SMILES string of the molecule is C=CC[Se]C[Se]CC=C. The van der Waals surface area contributed by atoms with Crippen LogP contribution in [0.25, 0.3) is 0 Å². The zero-order valence-electron chi connectivity index (χ0n) is 5.51. The van der Waals surface area contributed by atoms with E-state index in [0.29, 0.717) is 0 Å². The van der Waals surface area contributed by atoms with Crippen LogP contribution >= 0.6 is 0 Å². The summed E-state index contributed by atoms with van der Waals surface area (Å²) in [5, 5.41) is 2.48. The Morgan fingerprint density at radius 3 is 1.78 bits per heavy atom. The number of rotatable bonds is 6. The molecule has 0 saturated heterocycles. The number of hydrogen-bond donors (Lipinski definition) is 0. The van der Waals surface area contributed by atoms with Gasteiger partial charge in [0.2, 0.25) is 0 Å². The van der Waals surface area contributed by atoms with Crippen LogP contribution in [0.4, 0.5) is 0 Å². The van der Waals surface area contributed by atoms with Crippen molar-refractivity contribution in [3.05, 3.63) is 25.3 Å². The molecule has 0 saturated carbocycles. The fraction of sp³-hybridized carbons (Fsp3) is 0.429. The second kappa shape index (κ2) is 8.52. The second-order valence-electron chi connectivity index (χ2n) is 1.44. The molecule has 0 aromatic carbocycles. The molecular weight excluding hydrogens is 242 g/mol. The van der Waals surface area contributed by atoms with Gasteiger partial charge in [-0.05, 0) is 0 Å². The van der Waals surface area contributed by atoms with Crippen LogP contribution in [0.15, 0.2) is 25.3 Å². The molecule has 0 amide bonds. The van der Waals surface area contributed by atoms with Crippen LogP contribution in [0, 0.1) is 0 Å². The molecule has 0 aliphatic rings. The van der Waals surface area contributed by atoms with Gasteiger partial charge in [0.25, 0.3) is 0 Å². The first kappa shape index (κ1) is 9.52. The Bertz CT molecular complexity index is 69.0. The summed E-state index contributed by atoms with van der Waals surface area (Å²) in [7, 11) is 0. The second-order valence-corrected chi connectivity index (χ2v) is 7.61. The molecule has 0 bridgehead atoms. The summed E-state index contributed by atoms with van der Waals surface area (Å²) in [6.45, 7) is 7.36. The summed E-state index contributed by atoms with van der Waals surface area (Å²) in [5.41, 5.74) is 0. The fourth-order valence-electron chi connectivity index (χ4n) is 0.322. The molecule has 0 heterocycles. The maximum absolute atomic E-state index is 3.68. The van der Waals surface area contributed by atoms with E-state index in [1.807, 2.05) is 12.2 Å². The zero-order valence-corrected chi connectivity index (χ0v) is 8.93. The molecule has 0 spiro atoms. The van der Waals surface area contributed by atoms with E-state index in [-0.39, 0.29) is 0 Å². The van der Waals surface area contributed by atoms with Crippen LogP contribution < -0.4 is 0 Å². The Morgan fingerprint density at radius 2 is 1.44 bits per heavy atom. The topological polar surface area (TPSA) is 0 Å². The van der Waals surface area contributed by atoms with E-state index in [1.165, 1.54) is 14.9 Å². The summed E-state index contributed by atoms with van der Waals surface area (Å²) in [6.07, 6.45) is 4.04. The molecule has 0 unspecified atom stereocenters. The van der Waals surface area contributed by atoms with Crippen molar-refractivity contribution < 1.29 is 0 Å². The monoisotopic (exact) mass is 256 g/mol. The van der Waals surface area contributed by atoms with E-state index in [4.69, 9.17) is 0 Å². The van der Waals surface area contributed by atoms with Crippen LogP contribution in [0.2, 0.25) is 14.9 Å². The molecule has 0 fully saturated rings. The van der Waals surface area contributed by atoms with Crippen molar-refractivity contribution in [2.75, 3.05) is 0 Å². The van der Waals surface area contributed by atoms with Crippen molar-refractivity contribution in [2.45, 2.75) is 14.9 Å². The van der Waals surface area contributed by atoms with Gasteiger partial charge in [-0.25, -0.2) is 0 Å². The summed E-state index contributed by atoms with van der Waals surface area (Å²) >= 11 is 1.68. The van der Waals surface area contributed by atoms with Gasteiger partial charge in [-0.1, -0.05) is 0 Å². The van der Waals surface area contributed by atoms with Crippen molar-refractivity contribution in [1.82, 2.24) is 0 Å². The Kier molecular flexibility index (Phi) is 9.01. The van der Waals surface area contributed by atoms with Gasteiger partial charge in [-0.3, -0.25) is 0 Å². The van der Waals surface area contributed by atoms with Gasteiger partial charge in [-0.15, -0.1) is 0 Å². The third-order valence-corrected chi connectivity index (χ3v) is 6.95. The first-order valence-electron chi connectivity index (χ1n) is 2.79. The molecular formula is C7H12Se2. The van der Waals surface area contributed by atoms with Crippen molar-refractivity contribution in [1.29, 1.82) is 0 Å². The Morgan fingerprint density at radius 1 is 1.00 bits per heavy atom. The van der Waals surface area contributed by atoms with Gasteiger partial charge in [-0.2, -0.15) is 0 Å². The molecule has 0 aromatic rings. The predicted molar refractivity (Wildman–Crippen MR) is 46.3 cm³/mol. The normalized spacial score (nSPS) is 8.89. The molecule has 0 N–H and O–H groups in total. The van der Waals surface area contributed by atoms with Crippen molar-refractivity contribution in [2.24, 2.45) is 0 Å². The van der Waals surface area contributed by atoms with Crippen LogP contribution in [0.5, 0.6) is 0 Å². The molecule has 0 radical (unpaired) electrons. The number of allylic oxidation sites excluding steroid dienone is 2. The van der Waals surface area contributed by atoms with Gasteiger partial charge in [0.1, 0.15) is 0 Å². The first-order chi connectivity index (χ1) is 4.41. The Balaban J connectivity index is 2.74. The summed E-state index contributed by atoms with van der Waals surface area (Å²) in [4.78, 5) is 0. The van der Waals surface area contributed by atoms with Crippen LogP contribution in [-0.2, 0) is 0 Å². The molecule has 9 heavy (non-hydrogen) atoms. The zero-order chi connectivity index (χ0) is 6.95. The average Bonchev–Trinajstić information content (AvgIpc) is 1.89. The van der Waals surface area contributed by atoms with Crippen molar-refractivity contribution in [3.63, 3.8) is 0 Å². The van der Waals surface area contributed by atoms with Gasteiger partial charge < -0.3 is 0 Å². The van der Waals surface area contributed by atoms with E-state index in [2.05, 4.69) is 13.2 Å². The Labute approximate surface area is 70.1 Å². The van der Waals surface area contributed by atoms with Gasteiger partial charge >= 0.3 is 70.1 Å². The predicted octanol–water partition coefficient (Wildman–Crippen LogP) is 1.98. The van der Waals surface area contributed by atoms with Gasteiger partial charge in [0, 0.05) is 0 Å². The van der Waals surface area contributed by atoms with Crippen LogP contribution in [0.3, 0.4) is 0 Å². The van der Waals surface area contributed by atoms with E-state index < -0.39 is 0 Å². The van der Waals surface area contributed by atoms with E-state index >= 15 is 0 Å². The molecule has 0 aliphatic heterocycles. The Hall–Kier alpha value is 0.519. The minimum atomic E-state index is 0.838. The van der Waals surface area contributed by atoms with Crippen LogP contribution in [-0.4, -0.2) is 29.9 Å². The van der Waals surface area contributed by atoms with Crippen molar-refractivity contribution >= 4 is 29.9 Å². The molecule has 0 nitrogen and oxygen atoms in total. The summed E-state index contributed by atoms with van der Waals surface area (Å²) in [6, 6.07) is 0. The third-order valence-electron chi connectivity index (χ3n) is 0.638. The molecule has 2 heteroatoms. The van der Waals surface area contributed by atoms with Crippen LogP contribution in [0.1, 0.15) is 0 Å². The number of hydrogen-bond acceptors (Lipinski definition) is 0. The summed E-state index contributed by atoms with van der Waals surface area (Å²) in [5.74, 6) is 0. The third kappa shape index (κ3) is 8.52. The van der Waals surface area contributed by atoms with E-state index in [1.54, 1.807) is 0 Å². The molecule has 0 atom stereocenters. The standard InChI is InChI=1S/C7H12Se2/c1-3-5-8-7-9-6-4-2/h3-4H,1-2,5-7H2. The summed E-state index contributed by atoms with van der Waals surface area (Å²) < 4.78 is 1.44. The minimum absolute atomic E-state index is 0.838. The van der Waals surface area contributed by atoms with E-state index in [9.17, 15) is 0 Å². The average molecular weight is 254 g/mol. The molecule has 0 aromatic heterocycles. The first-order valence-corrected chi connectivity index (χ1v) is 7.63. The maximum atomic E-state index is 3.68. The quantitative estimate of drug-likeness (QED) is 0.386.